The van der Waals surface area contributed by atoms with E-state index in [-0.39, 0.29) is 40.0 Å². The molecule has 0 aliphatic carbocycles. The average molecular weight is 698 g/mol. The van der Waals surface area contributed by atoms with Crippen LogP contribution < -0.4 is 26.7 Å². The van der Waals surface area contributed by atoms with Gasteiger partial charge in [0.1, 0.15) is 27.8 Å². The summed E-state index contributed by atoms with van der Waals surface area (Å²) in [5, 5.41) is 22.0. The number of benzene rings is 1. The molecule has 5 aromatic rings. The monoisotopic (exact) mass is 697 g/mol. The number of amides is 1. The van der Waals surface area contributed by atoms with Crippen molar-refractivity contribution in [2.75, 3.05) is 23.3 Å². The minimum atomic E-state index is -0.630. The Morgan fingerprint density at radius 3 is 2.74 bits per heavy atom. The summed E-state index contributed by atoms with van der Waals surface area (Å²) < 4.78 is 18.5. The Morgan fingerprint density at radius 1 is 1.18 bits per heavy atom. The van der Waals surface area contributed by atoms with Crippen LogP contribution in [0.3, 0.4) is 0 Å². The van der Waals surface area contributed by atoms with Crippen LogP contribution >= 0.6 is 11.3 Å². The van der Waals surface area contributed by atoms with Crippen LogP contribution in [0, 0.1) is 5.82 Å². The second-order valence-corrected chi connectivity index (χ2v) is 13.5. The minimum absolute atomic E-state index is 0.0425. The predicted molar refractivity (Wildman–Crippen MR) is 196 cm³/mol. The number of aliphatic hydroxyl groups is 1. The van der Waals surface area contributed by atoms with Gasteiger partial charge < -0.3 is 25.2 Å². The Balaban J connectivity index is 1.36. The van der Waals surface area contributed by atoms with E-state index in [1.54, 1.807) is 31.6 Å². The van der Waals surface area contributed by atoms with Crippen molar-refractivity contribution in [1.29, 1.82) is 0 Å². The number of hydrogen-bond acceptors (Lipinski definition) is 9. The topological polar surface area (TPSA) is 134 Å². The smallest absolute Gasteiger partial charge is 0.289 e. The molecule has 1 fully saturated rings. The molecule has 0 radical (unpaired) electrons. The normalized spacial score (nSPS) is 14.6. The molecule has 0 bridgehead atoms. The number of aromatic nitrogens is 4. The summed E-state index contributed by atoms with van der Waals surface area (Å²) in [6.07, 6.45) is 8.74. The molecule has 1 aliphatic heterocycles. The van der Waals surface area contributed by atoms with Crippen molar-refractivity contribution in [3.05, 3.63) is 104 Å². The number of anilines is 3. The quantitative estimate of drug-likeness (QED) is 0.157. The molecule has 1 unspecified atom stereocenters. The SMILES string of the molecule is C=CC(=O)NC1CCCN(c2cccc(Nc3cc(-c4cc(F)cc(-n5ncc6c(CCC)c(CC)sc6c5=O)c4CO)cn(C)c3=O)n2)C1. The number of hydrogen-bond donors (Lipinski definition) is 3. The Bertz CT molecular complexity index is 2210. The highest BCUT2D eigenvalue weighted by atomic mass is 32.1. The lowest BCUT2D eigenvalue weighted by Crippen LogP contribution is -2.47. The van der Waals surface area contributed by atoms with Crippen LogP contribution in [0.25, 0.3) is 26.9 Å². The highest BCUT2D eigenvalue weighted by molar-refractivity contribution is 7.19. The lowest BCUT2D eigenvalue weighted by Gasteiger charge is -2.34. The predicted octanol–water partition coefficient (Wildman–Crippen LogP) is 5.37. The second-order valence-electron chi connectivity index (χ2n) is 12.4. The maximum Gasteiger partial charge on any atom is 0.289 e. The summed E-state index contributed by atoms with van der Waals surface area (Å²) in [6, 6.07) is 9.46. The number of aryl methyl sites for hydroxylation is 3. The fraction of sp³-hybridized carbons (Fsp3) is 0.324. The number of aliphatic hydroxyl groups excluding tert-OH is 1. The molecule has 1 atom stereocenters. The molecule has 1 amide bonds. The lowest BCUT2D eigenvalue weighted by molar-refractivity contribution is -0.117. The van der Waals surface area contributed by atoms with Gasteiger partial charge in [0, 0.05) is 59.8 Å². The summed E-state index contributed by atoms with van der Waals surface area (Å²) in [4.78, 5) is 47.0. The summed E-state index contributed by atoms with van der Waals surface area (Å²) in [5.74, 6) is 0.260. The van der Waals surface area contributed by atoms with E-state index in [1.807, 2.05) is 12.1 Å². The van der Waals surface area contributed by atoms with E-state index in [0.29, 0.717) is 34.0 Å². The summed E-state index contributed by atoms with van der Waals surface area (Å²) in [6.45, 7) is 8.50. The molecule has 5 heterocycles. The van der Waals surface area contributed by atoms with Crippen molar-refractivity contribution in [3.63, 3.8) is 0 Å². The van der Waals surface area contributed by atoms with Gasteiger partial charge in [-0.1, -0.05) is 32.9 Å². The van der Waals surface area contributed by atoms with Crippen LogP contribution in [0.2, 0.25) is 0 Å². The van der Waals surface area contributed by atoms with E-state index >= 15 is 4.39 Å². The first kappa shape index (κ1) is 34.7. The largest absolute Gasteiger partial charge is 0.392 e. The van der Waals surface area contributed by atoms with Crippen molar-refractivity contribution in [2.45, 2.75) is 58.6 Å². The van der Waals surface area contributed by atoms with Gasteiger partial charge in [-0.25, -0.2) is 9.37 Å². The zero-order valence-electron chi connectivity index (χ0n) is 28.3. The van der Waals surface area contributed by atoms with Gasteiger partial charge in [0.15, 0.2) is 0 Å². The third-order valence-corrected chi connectivity index (χ3v) is 10.4. The number of fused-ring (bicyclic) bond motifs is 1. The van der Waals surface area contributed by atoms with Gasteiger partial charge in [0.25, 0.3) is 11.1 Å². The first-order valence-electron chi connectivity index (χ1n) is 16.7. The second kappa shape index (κ2) is 14.8. The third kappa shape index (κ3) is 6.83. The standard InChI is InChI=1S/C37H40FN7O4S/c1-5-10-25-27-18-39-45(37(49)35(27)50-31(25)6-2)30-17-23(38)16-26(28(30)21-46)22-15-29(36(48)43(4)19-22)41-32-12-8-13-33(42-32)44-14-9-11-24(20-44)40-34(47)7-3/h7-8,12-13,15-19,24,46H,3,5-6,9-11,14,20-21H2,1-2,4H3,(H,40,47)(H,41,42). The van der Waals surface area contributed by atoms with Gasteiger partial charge in [0.05, 0.1) is 18.5 Å². The third-order valence-electron chi connectivity index (χ3n) is 8.99. The molecular formula is C37H40FN7O4S. The van der Waals surface area contributed by atoms with Gasteiger partial charge in [-0.2, -0.15) is 9.78 Å². The van der Waals surface area contributed by atoms with Gasteiger partial charge in [-0.05, 0) is 67.2 Å². The van der Waals surface area contributed by atoms with E-state index in [9.17, 15) is 19.5 Å². The summed E-state index contributed by atoms with van der Waals surface area (Å²) in [7, 11) is 1.58. The molecule has 11 nitrogen and oxygen atoms in total. The summed E-state index contributed by atoms with van der Waals surface area (Å²) in [5.41, 5.74) is 1.74. The van der Waals surface area contributed by atoms with Crippen LogP contribution in [0.5, 0.6) is 0 Å². The molecule has 0 saturated carbocycles. The lowest BCUT2D eigenvalue weighted by atomic mass is 9.99. The number of carbonyl (C=O) groups is 1. The van der Waals surface area contributed by atoms with E-state index in [1.165, 1.54) is 34.1 Å². The van der Waals surface area contributed by atoms with Crippen LogP contribution in [-0.2, 0) is 31.3 Å². The minimum Gasteiger partial charge on any atom is -0.392 e. The van der Waals surface area contributed by atoms with Crippen molar-refractivity contribution >= 4 is 44.7 Å². The molecular weight excluding hydrogens is 658 g/mol. The number of carbonyl (C=O) groups excluding carboxylic acids is 1. The van der Waals surface area contributed by atoms with Crippen molar-refractivity contribution in [3.8, 4) is 16.8 Å². The first-order valence-corrected chi connectivity index (χ1v) is 17.6. The van der Waals surface area contributed by atoms with Crippen molar-refractivity contribution < 1.29 is 14.3 Å². The fourth-order valence-corrected chi connectivity index (χ4v) is 7.81. The number of nitrogens with zero attached hydrogens (tertiary/aromatic N) is 5. The molecule has 1 aromatic carbocycles. The van der Waals surface area contributed by atoms with Gasteiger partial charge in [-0.15, -0.1) is 11.3 Å². The molecule has 1 saturated heterocycles. The maximum atomic E-state index is 15.4. The number of rotatable bonds is 11. The molecule has 13 heteroatoms. The van der Waals surface area contributed by atoms with Gasteiger partial charge in [-0.3, -0.25) is 14.4 Å². The molecule has 4 aromatic heterocycles. The molecule has 50 heavy (non-hydrogen) atoms. The van der Waals surface area contributed by atoms with E-state index in [4.69, 9.17) is 4.98 Å². The van der Waals surface area contributed by atoms with Crippen molar-refractivity contribution in [1.82, 2.24) is 24.6 Å². The fourth-order valence-electron chi connectivity index (χ4n) is 6.62. The van der Waals surface area contributed by atoms with Crippen LogP contribution in [-0.4, -0.2) is 49.5 Å². The van der Waals surface area contributed by atoms with Crippen molar-refractivity contribution in [2.24, 2.45) is 7.05 Å². The van der Waals surface area contributed by atoms with Crippen LogP contribution in [0.4, 0.5) is 21.7 Å². The number of halogens is 1. The van der Waals surface area contributed by atoms with Gasteiger partial charge in [0.2, 0.25) is 5.91 Å². The maximum absolute atomic E-state index is 15.4. The Labute approximate surface area is 292 Å². The number of piperidine rings is 1. The Morgan fingerprint density at radius 2 is 2.00 bits per heavy atom. The molecule has 6 rings (SSSR count). The van der Waals surface area contributed by atoms with E-state index in [2.05, 4.69) is 41.1 Å². The first-order chi connectivity index (χ1) is 24.1. The molecule has 260 valence electrons. The van der Waals surface area contributed by atoms with E-state index in [0.717, 1.165) is 59.2 Å². The van der Waals surface area contributed by atoms with E-state index < -0.39 is 12.4 Å². The van der Waals surface area contributed by atoms with Gasteiger partial charge >= 0.3 is 0 Å². The average Bonchev–Trinajstić information content (AvgIpc) is 3.48. The number of thiophene rings is 1. The van der Waals surface area contributed by atoms with Crippen LogP contribution in [0.1, 0.15) is 49.1 Å². The molecule has 3 N–H and O–H groups in total. The Kier molecular flexibility index (Phi) is 10.3. The molecule has 0 spiro atoms. The zero-order chi connectivity index (χ0) is 35.5. The van der Waals surface area contributed by atoms with Crippen LogP contribution in [0.15, 0.2) is 71.0 Å². The zero-order valence-corrected chi connectivity index (χ0v) is 29.1. The highest BCUT2D eigenvalue weighted by Gasteiger charge is 2.23. The Hall–Kier alpha value is -5.14. The number of pyridine rings is 2. The molecule has 1 aliphatic rings. The summed E-state index contributed by atoms with van der Waals surface area (Å²) >= 11 is 1.43. The highest BCUT2D eigenvalue weighted by Crippen LogP contribution is 2.33. The number of nitrogens with one attached hydrogen (secondary N) is 2.